The van der Waals surface area contributed by atoms with Gasteiger partial charge in [0.1, 0.15) is 11.6 Å². The van der Waals surface area contributed by atoms with Gasteiger partial charge in [0.2, 0.25) is 0 Å². The average molecular weight is 328 g/mol. The zero-order chi connectivity index (χ0) is 17.6. The van der Waals surface area contributed by atoms with Crippen molar-refractivity contribution < 1.29 is 4.79 Å². The Morgan fingerprint density at radius 2 is 1.80 bits per heavy atom. The Bertz CT molecular complexity index is 974. The molecule has 1 aromatic heterocycles. The fourth-order valence-electron chi connectivity index (χ4n) is 2.44. The number of aromatic nitrogens is 2. The number of nitriles is 1. The van der Waals surface area contributed by atoms with Crippen LogP contribution in [-0.4, -0.2) is 15.9 Å². The lowest BCUT2D eigenvalue weighted by molar-refractivity contribution is -0.117. The molecule has 0 unspecified atom stereocenters. The molecule has 0 aliphatic carbocycles. The SMILES string of the molecule is C[C@@H](NC(=O)/C(C#N)=C/c1cnc2ccccc2n1)c1ccccc1. The second-order valence-electron chi connectivity index (χ2n) is 5.56. The normalized spacial score (nSPS) is 12.4. The highest BCUT2D eigenvalue weighted by Crippen LogP contribution is 2.14. The summed E-state index contributed by atoms with van der Waals surface area (Å²) in [6, 6.07) is 18.8. The molecule has 0 fully saturated rings. The Morgan fingerprint density at radius 1 is 1.12 bits per heavy atom. The lowest BCUT2D eigenvalue weighted by Crippen LogP contribution is -2.27. The number of rotatable bonds is 4. The molecule has 5 heteroatoms. The van der Waals surface area contributed by atoms with E-state index in [1.807, 2.05) is 67.6 Å². The maximum Gasteiger partial charge on any atom is 0.262 e. The molecule has 0 radical (unpaired) electrons. The number of benzene rings is 2. The summed E-state index contributed by atoms with van der Waals surface area (Å²) in [7, 11) is 0. The van der Waals surface area contributed by atoms with E-state index in [1.54, 1.807) is 6.20 Å². The van der Waals surface area contributed by atoms with Crippen LogP contribution in [0, 0.1) is 11.3 Å². The van der Waals surface area contributed by atoms with Crippen molar-refractivity contribution in [2.24, 2.45) is 0 Å². The van der Waals surface area contributed by atoms with Crippen LogP contribution in [0.1, 0.15) is 24.2 Å². The molecule has 5 nitrogen and oxygen atoms in total. The number of hydrogen-bond donors (Lipinski definition) is 1. The summed E-state index contributed by atoms with van der Waals surface area (Å²) < 4.78 is 0. The smallest absolute Gasteiger partial charge is 0.262 e. The first-order valence-electron chi connectivity index (χ1n) is 7.87. The first-order valence-corrected chi connectivity index (χ1v) is 7.87. The minimum atomic E-state index is -0.436. The van der Waals surface area contributed by atoms with Gasteiger partial charge in [-0.2, -0.15) is 5.26 Å². The number of fused-ring (bicyclic) bond motifs is 1. The second-order valence-corrected chi connectivity index (χ2v) is 5.56. The van der Waals surface area contributed by atoms with Gasteiger partial charge in [-0.1, -0.05) is 42.5 Å². The molecule has 1 heterocycles. The number of nitrogens with one attached hydrogen (secondary N) is 1. The van der Waals surface area contributed by atoms with E-state index in [-0.39, 0.29) is 11.6 Å². The highest BCUT2D eigenvalue weighted by atomic mass is 16.1. The zero-order valence-corrected chi connectivity index (χ0v) is 13.7. The van der Waals surface area contributed by atoms with E-state index in [9.17, 15) is 10.1 Å². The van der Waals surface area contributed by atoms with E-state index in [1.165, 1.54) is 6.08 Å². The molecule has 25 heavy (non-hydrogen) atoms. The Kier molecular flexibility index (Phi) is 4.82. The molecule has 1 N–H and O–H groups in total. The molecule has 0 saturated carbocycles. The number of nitrogens with zero attached hydrogens (tertiary/aromatic N) is 3. The van der Waals surface area contributed by atoms with Crippen molar-refractivity contribution in [1.82, 2.24) is 15.3 Å². The predicted molar refractivity (Wildman–Crippen MR) is 96.1 cm³/mol. The van der Waals surface area contributed by atoms with Crippen LogP contribution >= 0.6 is 0 Å². The van der Waals surface area contributed by atoms with E-state index in [2.05, 4.69) is 15.3 Å². The molecule has 0 saturated heterocycles. The van der Waals surface area contributed by atoms with Crippen molar-refractivity contribution in [3.8, 4) is 6.07 Å². The lowest BCUT2D eigenvalue weighted by atomic mass is 10.1. The summed E-state index contributed by atoms with van der Waals surface area (Å²) in [6.07, 6.45) is 3.00. The second kappa shape index (κ2) is 7.37. The van der Waals surface area contributed by atoms with E-state index in [0.29, 0.717) is 11.2 Å². The number of para-hydroxylation sites is 2. The molecule has 1 amide bonds. The van der Waals surface area contributed by atoms with Crippen LogP contribution in [0.15, 0.2) is 66.4 Å². The molecule has 3 rings (SSSR count). The van der Waals surface area contributed by atoms with Gasteiger partial charge in [-0.3, -0.25) is 9.78 Å². The molecule has 1 atom stereocenters. The third-order valence-electron chi connectivity index (χ3n) is 3.77. The number of carbonyl (C=O) groups is 1. The quantitative estimate of drug-likeness (QED) is 0.588. The molecular weight excluding hydrogens is 312 g/mol. The summed E-state index contributed by atoms with van der Waals surface area (Å²) in [5.41, 5.74) is 2.91. The third-order valence-corrected chi connectivity index (χ3v) is 3.77. The summed E-state index contributed by atoms with van der Waals surface area (Å²) in [4.78, 5) is 21.1. The van der Waals surface area contributed by atoms with Crippen molar-refractivity contribution in [2.75, 3.05) is 0 Å². The van der Waals surface area contributed by atoms with Gasteiger partial charge in [-0.05, 0) is 30.7 Å². The summed E-state index contributed by atoms with van der Waals surface area (Å²) >= 11 is 0. The summed E-state index contributed by atoms with van der Waals surface area (Å²) in [6.45, 7) is 1.87. The topological polar surface area (TPSA) is 78.7 Å². The summed E-state index contributed by atoms with van der Waals surface area (Å²) in [5, 5.41) is 12.2. The molecular formula is C20H16N4O. The van der Waals surface area contributed by atoms with Crippen LogP contribution in [0.4, 0.5) is 0 Å². The molecule has 2 aromatic carbocycles. The van der Waals surface area contributed by atoms with Crippen molar-refractivity contribution >= 4 is 23.0 Å². The number of carbonyl (C=O) groups excluding carboxylic acids is 1. The van der Waals surface area contributed by atoms with Crippen LogP contribution in [0.5, 0.6) is 0 Å². The fraction of sp³-hybridized carbons (Fsp3) is 0.100. The van der Waals surface area contributed by atoms with E-state index < -0.39 is 5.91 Å². The minimum absolute atomic E-state index is 0.00707. The van der Waals surface area contributed by atoms with E-state index in [0.717, 1.165) is 11.1 Å². The molecule has 3 aromatic rings. The Labute approximate surface area is 145 Å². The van der Waals surface area contributed by atoms with Crippen LogP contribution in [0.2, 0.25) is 0 Å². The van der Waals surface area contributed by atoms with Gasteiger partial charge >= 0.3 is 0 Å². The monoisotopic (exact) mass is 328 g/mol. The molecule has 0 aliphatic heterocycles. The van der Waals surface area contributed by atoms with Crippen molar-refractivity contribution in [1.29, 1.82) is 5.26 Å². The third kappa shape index (κ3) is 3.88. The lowest BCUT2D eigenvalue weighted by Gasteiger charge is -2.13. The van der Waals surface area contributed by atoms with E-state index >= 15 is 0 Å². The van der Waals surface area contributed by atoms with Gasteiger partial charge < -0.3 is 5.32 Å². The molecule has 0 bridgehead atoms. The van der Waals surface area contributed by atoms with E-state index in [4.69, 9.17) is 0 Å². The van der Waals surface area contributed by atoms with Crippen LogP contribution < -0.4 is 5.32 Å². The Morgan fingerprint density at radius 3 is 2.52 bits per heavy atom. The fourth-order valence-corrected chi connectivity index (χ4v) is 2.44. The largest absolute Gasteiger partial charge is 0.345 e. The van der Waals surface area contributed by atoms with Crippen LogP contribution in [0.25, 0.3) is 17.1 Å². The average Bonchev–Trinajstić information content (AvgIpc) is 2.66. The number of amides is 1. The minimum Gasteiger partial charge on any atom is -0.345 e. The van der Waals surface area contributed by atoms with Gasteiger partial charge in [0.15, 0.2) is 0 Å². The number of hydrogen-bond acceptors (Lipinski definition) is 4. The molecule has 0 spiro atoms. The highest BCUT2D eigenvalue weighted by molar-refractivity contribution is 6.01. The highest BCUT2D eigenvalue weighted by Gasteiger charge is 2.14. The van der Waals surface area contributed by atoms with Crippen LogP contribution in [-0.2, 0) is 4.79 Å². The van der Waals surface area contributed by atoms with Gasteiger partial charge in [0.25, 0.3) is 5.91 Å². The van der Waals surface area contributed by atoms with Crippen molar-refractivity contribution in [2.45, 2.75) is 13.0 Å². The van der Waals surface area contributed by atoms with Crippen molar-refractivity contribution in [3.05, 3.63) is 77.6 Å². The first kappa shape index (κ1) is 16.3. The molecule has 122 valence electrons. The first-order chi connectivity index (χ1) is 12.2. The summed E-state index contributed by atoms with van der Waals surface area (Å²) in [5.74, 6) is -0.436. The standard InChI is InChI=1S/C20H16N4O/c1-14(15-7-3-2-4-8-15)23-20(25)16(12-21)11-17-13-22-18-9-5-6-10-19(18)24-17/h2-11,13-14H,1H3,(H,23,25)/b16-11+/t14-/m1/s1. The van der Waals surface area contributed by atoms with Gasteiger partial charge in [-0.15, -0.1) is 0 Å². The predicted octanol–water partition coefficient (Wildman–Crippen LogP) is 3.41. The molecule has 0 aliphatic rings. The van der Waals surface area contributed by atoms with Crippen LogP contribution in [0.3, 0.4) is 0 Å². The van der Waals surface area contributed by atoms with Gasteiger partial charge in [-0.25, -0.2) is 4.98 Å². The Balaban J connectivity index is 1.81. The van der Waals surface area contributed by atoms with Crippen molar-refractivity contribution in [3.63, 3.8) is 0 Å². The van der Waals surface area contributed by atoms with Gasteiger partial charge in [0.05, 0.1) is 29.0 Å². The van der Waals surface area contributed by atoms with Gasteiger partial charge in [0, 0.05) is 0 Å². The zero-order valence-electron chi connectivity index (χ0n) is 13.7. The maximum absolute atomic E-state index is 12.4. The maximum atomic E-state index is 12.4. The Hall–Kier alpha value is -3.52.